The molecule has 0 fully saturated rings. The van der Waals surface area contributed by atoms with Crippen LogP contribution in [0.25, 0.3) is 11.0 Å². The summed E-state index contributed by atoms with van der Waals surface area (Å²) in [5.41, 5.74) is 2.17. The van der Waals surface area contributed by atoms with Crippen LogP contribution < -0.4 is 10.6 Å². The molecule has 2 N–H and O–H groups in total. The Kier molecular flexibility index (Phi) is 3.59. The van der Waals surface area contributed by atoms with Crippen molar-refractivity contribution < 1.29 is 4.42 Å². The molecule has 0 spiro atoms. The zero-order valence-electron chi connectivity index (χ0n) is 9.79. The molecule has 1 atom stereocenters. The summed E-state index contributed by atoms with van der Waals surface area (Å²) in [6.45, 7) is 4.00. The van der Waals surface area contributed by atoms with E-state index in [9.17, 15) is 0 Å². The molecule has 0 radical (unpaired) electrons. The van der Waals surface area contributed by atoms with Crippen LogP contribution in [0.4, 0.5) is 0 Å². The van der Waals surface area contributed by atoms with Crippen molar-refractivity contribution >= 4 is 11.0 Å². The molecule has 2 rings (SSSR count). The number of hydrogen-bond donors (Lipinski definition) is 2. The molecule has 2 aromatic rings. The van der Waals surface area contributed by atoms with Gasteiger partial charge in [0.1, 0.15) is 5.58 Å². The molecule has 1 aromatic carbocycles. The maximum Gasteiger partial charge on any atom is 0.134 e. The zero-order chi connectivity index (χ0) is 11.4. The molecule has 1 aromatic heterocycles. The van der Waals surface area contributed by atoms with Gasteiger partial charge in [-0.15, -0.1) is 0 Å². The number of furan rings is 1. The number of fused-ring (bicyclic) bond motifs is 1. The highest BCUT2D eigenvalue weighted by atomic mass is 16.3. The van der Waals surface area contributed by atoms with Crippen LogP contribution in [0, 0.1) is 0 Å². The van der Waals surface area contributed by atoms with Gasteiger partial charge in [0, 0.05) is 23.5 Å². The van der Waals surface area contributed by atoms with Gasteiger partial charge in [0.25, 0.3) is 0 Å². The van der Waals surface area contributed by atoms with Crippen LogP contribution in [0.3, 0.4) is 0 Å². The van der Waals surface area contributed by atoms with Crippen LogP contribution >= 0.6 is 0 Å². The van der Waals surface area contributed by atoms with E-state index in [1.807, 2.05) is 31.5 Å². The summed E-state index contributed by atoms with van der Waals surface area (Å²) < 4.78 is 5.54. The van der Waals surface area contributed by atoms with Gasteiger partial charge in [0.15, 0.2) is 0 Å². The van der Waals surface area contributed by atoms with Gasteiger partial charge in [-0.3, -0.25) is 0 Å². The van der Waals surface area contributed by atoms with Crippen molar-refractivity contribution in [1.29, 1.82) is 0 Å². The smallest absolute Gasteiger partial charge is 0.134 e. The van der Waals surface area contributed by atoms with Crippen molar-refractivity contribution in [2.75, 3.05) is 20.1 Å². The molecular formula is C13H18N2O. The van der Waals surface area contributed by atoms with Gasteiger partial charge in [-0.2, -0.15) is 0 Å². The van der Waals surface area contributed by atoms with Gasteiger partial charge in [-0.25, -0.2) is 0 Å². The zero-order valence-corrected chi connectivity index (χ0v) is 9.79. The molecule has 0 aliphatic carbocycles. The van der Waals surface area contributed by atoms with Crippen molar-refractivity contribution in [2.45, 2.75) is 13.0 Å². The molecule has 1 heterocycles. The van der Waals surface area contributed by atoms with E-state index in [1.165, 1.54) is 10.9 Å². The van der Waals surface area contributed by atoms with Gasteiger partial charge < -0.3 is 15.1 Å². The number of rotatable bonds is 5. The Morgan fingerprint density at radius 3 is 2.88 bits per heavy atom. The molecule has 0 aliphatic rings. The van der Waals surface area contributed by atoms with Crippen molar-refractivity contribution in [3.63, 3.8) is 0 Å². The Labute approximate surface area is 95.8 Å². The van der Waals surface area contributed by atoms with Crippen LogP contribution in [0.15, 0.2) is 34.9 Å². The molecule has 3 heteroatoms. The summed E-state index contributed by atoms with van der Waals surface area (Å²) in [7, 11) is 1.98. The monoisotopic (exact) mass is 218 g/mol. The Morgan fingerprint density at radius 1 is 1.31 bits per heavy atom. The molecule has 3 nitrogen and oxygen atoms in total. The normalized spacial score (nSPS) is 13.1. The van der Waals surface area contributed by atoms with Gasteiger partial charge >= 0.3 is 0 Å². The topological polar surface area (TPSA) is 37.2 Å². The summed E-state index contributed by atoms with van der Waals surface area (Å²) in [6.07, 6.45) is 1.85. The Hall–Kier alpha value is -1.32. The first-order valence-electron chi connectivity index (χ1n) is 5.71. The molecule has 0 saturated heterocycles. The average Bonchev–Trinajstić information content (AvgIpc) is 2.75. The largest absolute Gasteiger partial charge is 0.464 e. The van der Waals surface area contributed by atoms with Gasteiger partial charge in [-0.05, 0) is 19.7 Å². The van der Waals surface area contributed by atoms with Crippen molar-refractivity contribution in [3.05, 3.63) is 36.1 Å². The first kappa shape index (κ1) is 11.2. The molecule has 16 heavy (non-hydrogen) atoms. The Morgan fingerprint density at radius 2 is 2.12 bits per heavy atom. The third-order valence-corrected chi connectivity index (χ3v) is 2.83. The van der Waals surface area contributed by atoms with E-state index in [0.29, 0.717) is 6.04 Å². The fourth-order valence-corrected chi connectivity index (χ4v) is 1.92. The van der Waals surface area contributed by atoms with Gasteiger partial charge in [-0.1, -0.05) is 25.1 Å². The third-order valence-electron chi connectivity index (χ3n) is 2.83. The first-order valence-corrected chi connectivity index (χ1v) is 5.71. The standard InChI is InChI=1S/C13H18N2O/c1-3-15-8-12(14-2)11-9-16-13-7-5-4-6-10(11)13/h4-7,9,12,14-15H,3,8H2,1-2H3. The number of nitrogens with one attached hydrogen (secondary N) is 2. The predicted molar refractivity (Wildman–Crippen MR) is 66.6 cm³/mol. The summed E-state index contributed by atoms with van der Waals surface area (Å²) in [5.74, 6) is 0. The Bertz CT molecular complexity index is 450. The lowest BCUT2D eigenvalue weighted by Crippen LogP contribution is -2.29. The fourth-order valence-electron chi connectivity index (χ4n) is 1.92. The maximum atomic E-state index is 5.54. The molecule has 1 unspecified atom stereocenters. The second-order valence-corrected chi connectivity index (χ2v) is 3.84. The van der Waals surface area contributed by atoms with Crippen LogP contribution in [0.1, 0.15) is 18.5 Å². The van der Waals surface area contributed by atoms with Crippen LogP contribution in [0.5, 0.6) is 0 Å². The van der Waals surface area contributed by atoms with Gasteiger partial charge in [0.2, 0.25) is 0 Å². The number of likely N-dealkylation sites (N-methyl/N-ethyl adjacent to an activating group) is 2. The van der Waals surface area contributed by atoms with E-state index >= 15 is 0 Å². The highest BCUT2D eigenvalue weighted by molar-refractivity contribution is 5.81. The second-order valence-electron chi connectivity index (χ2n) is 3.84. The molecule has 0 aliphatic heterocycles. The molecule has 0 saturated carbocycles. The van der Waals surface area contributed by atoms with Crippen molar-refractivity contribution in [3.8, 4) is 0 Å². The van der Waals surface area contributed by atoms with E-state index in [4.69, 9.17) is 4.42 Å². The van der Waals surface area contributed by atoms with E-state index < -0.39 is 0 Å². The molecule has 86 valence electrons. The fraction of sp³-hybridized carbons (Fsp3) is 0.385. The summed E-state index contributed by atoms with van der Waals surface area (Å²) >= 11 is 0. The summed E-state index contributed by atoms with van der Waals surface area (Å²) in [6, 6.07) is 8.43. The number of para-hydroxylation sites is 1. The Balaban J connectivity index is 2.30. The number of benzene rings is 1. The second kappa shape index (κ2) is 5.14. The highest BCUT2D eigenvalue weighted by Gasteiger charge is 2.14. The van der Waals surface area contributed by atoms with Crippen LogP contribution in [-0.2, 0) is 0 Å². The quantitative estimate of drug-likeness (QED) is 0.808. The number of hydrogen-bond acceptors (Lipinski definition) is 3. The first-order chi connectivity index (χ1) is 7.86. The lowest BCUT2D eigenvalue weighted by atomic mass is 10.1. The van der Waals surface area contributed by atoms with Gasteiger partial charge in [0.05, 0.1) is 6.26 Å². The van der Waals surface area contributed by atoms with E-state index in [0.717, 1.165) is 18.7 Å². The molecular weight excluding hydrogens is 200 g/mol. The minimum Gasteiger partial charge on any atom is -0.464 e. The average molecular weight is 218 g/mol. The predicted octanol–water partition coefficient (Wildman–Crippen LogP) is 2.30. The van der Waals surface area contributed by atoms with Crippen molar-refractivity contribution in [1.82, 2.24) is 10.6 Å². The lowest BCUT2D eigenvalue weighted by molar-refractivity contribution is 0.527. The van der Waals surface area contributed by atoms with E-state index in [1.54, 1.807) is 0 Å². The SMILES string of the molecule is CCNCC(NC)c1coc2ccccc12. The summed E-state index contributed by atoms with van der Waals surface area (Å²) in [4.78, 5) is 0. The molecule has 0 bridgehead atoms. The van der Waals surface area contributed by atoms with E-state index in [2.05, 4.69) is 23.6 Å². The lowest BCUT2D eigenvalue weighted by Gasteiger charge is -2.15. The van der Waals surface area contributed by atoms with Crippen molar-refractivity contribution in [2.24, 2.45) is 0 Å². The minimum atomic E-state index is 0.295. The van der Waals surface area contributed by atoms with Crippen LogP contribution in [-0.4, -0.2) is 20.1 Å². The minimum absolute atomic E-state index is 0.295. The molecule has 0 amide bonds. The maximum absolute atomic E-state index is 5.54. The van der Waals surface area contributed by atoms with Crippen LogP contribution in [0.2, 0.25) is 0 Å². The summed E-state index contributed by atoms with van der Waals surface area (Å²) in [5, 5.41) is 7.85. The van der Waals surface area contributed by atoms with E-state index in [-0.39, 0.29) is 0 Å². The third kappa shape index (κ3) is 2.10. The highest BCUT2D eigenvalue weighted by Crippen LogP contribution is 2.25.